The predicted octanol–water partition coefficient (Wildman–Crippen LogP) is 1.59. The highest BCUT2D eigenvalue weighted by Gasteiger charge is 2.15. The molecule has 0 atom stereocenters. The number of nitrogen functional groups attached to an aromatic ring is 1. The van der Waals surface area contributed by atoms with Crippen molar-refractivity contribution in [2.45, 2.75) is 46.6 Å². The zero-order chi connectivity index (χ0) is 14.9. The van der Waals surface area contributed by atoms with Crippen LogP contribution in [-0.4, -0.2) is 20.4 Å². The zero-order valence-electron chi connectivity index (χ0n) is 12.2. The van der Waals surface area contributed by atoms with Gasteiger partial charge < -0.3 is 16.0 Å². The number of nitrogens with zero attached hydrogens (tertiary/aromatic N) is 3. The number of hydrogen-bond acceptors (Lipinski definition) is 4. The molecule has 0 unspecified atom stereocenters. The molecule has 0 saturated heterocycles. The average Bonchev–Trinajstić information content (AvgIpc) is 2.70. The number of aromatic nitrogens is 3. The fourth-order valence-electron chi connectivity index (χ4n) is 2.45. The maximum Gasteiger partial charge on any atom is 0.217 e. The summed E-state index contributed by atoms with van der Waals surface area (Å²) >= 11 is 0. The summed E-state index contributed by atoms with van der Waals surface area (Å²) in [5, 5.41) is 0. The number of unbranched alkanes of at least 4 members (excludes halogenated alkanes) is 1. The molecule has 0 aliphatic rings. The third-order valence-electron chi connectivity index (χ3n) is 3.64. The van der Waals surface area contributed by atoms with Crippen molar-refractivity contribution in [3.8, 4) is 0 Å². The van der Waals surface area contributed by atoms with Crippen LogP contribution in [0.25, 0.3) is 11.0 Å². The molecule has 0 radical (unpaired) electrons. The van der Waals surface area contributed by atoms with Crippen LogP contribution in [-0.2, 0) is 11.3 Å². The second-order valence-electron chi connectivity index (χ2n) is 5.14. The number of primary amides is 1. The van der Waals surface area contributed by atoms with Crippen molar-refractivity contribution >= 4 is 22.8 Å². The predicted molar refractivity (Wildman–Crippen MR) is 79.2 cm³/mol. The van der Waals surface area contributed by atoms with Gasteiger partial charge in [0.2, 0.25) is 5.91 Å². The third kappa shape index (κ3) is 2.59. The lowest BCUT2D eigenvalue weighted by Gasteiger charge is -2.10. The van der Waals surface area contributed by atoms with Gasteiger partial charge in [-0.05, 0) is 39.2 Å². The molecule has 108 valence electrons. The van der Waals surface area contributed by atoms with E-state index in [4.69, 9.17) is 11.5 Å². The van der Waals surface area contributed by atoms with Crippen LogP contribution in [0.4, 0.5) is 5.82 Å². The number of carbonyl (C=O) groups is 1. The number of nitrogens with two attached hydrogens (primary N) is 2. The lowest BCUT2D eigenvalue weighted by Crippen LogP contribution is -2.10. The Morgan fingerprint density at radius 1 is 1.20 bits per heavy atom. The van der Waals surface area contributed by atoms with E-state index < -0.39 is 0 Å². The lowest BCUT2D eigenvalue weighted by molar-refractivity contribution is -0.118. The van der Waals surface area contributed by atoms with Crippen molar-refractivity contribution in [1.82, 2.24) is 14.5 Å². The van der Waals surface area contributed by atoms with Gasteiger partial charge in [-0.25, -0.2) is 9.97 Å². The Morgan fingerprint density at radius 2 is 1.90 bits per heavy atom. The van der Waals surface area contributed by atoms with Crippen LogP contribution in [0.1, 0.15) is 36.3 Å². The normalized spacial score (nSPS) is 11.2. The maximum atomic E-state index is 10.8. The summed E-state index contributed by atoms with van der Waals surface area (Å²) in [5.41, 5.74) is 14.9. The molecule has 2 heterocycles. The number of imidazole rings is 1. The molecule has 0 aromatic carbocycles. The van der Waals surface area contributed by atoms with Crippen LogP contribution in [0, 0.1) is 20.8 Å². The Morgan fingerprint density at radius 3 is 2.55 bits per heavy atom. The molecule has 0 aliphatic heterocycles. The van der Waals surface area contributed by atoms with E-state index in [0.717, 1.165) is 47.5 Å². The molecule has 6 nitrogen and oxygen atoms in total. The summed E-state index contributed by atoms with van der Waals surface area (Å²) < 4.78 is 2.15. The average molecular weight is 275 g/mol. The number of carbonyl (C=O) groups excluding carboxylic acids is 1. The lowest BCUT2D eigenvalue weighted by atomic mass is 10.2. The van der Waals surface area contributed by atoms with Gasteiger partial charge in [0.25, 0.3) is 0 Å². The van der Waals surface area contributed by atoms with Crippen LogP contribution in [0.3, 0.4) is 0 Å². The number of fused-ring (bicyclic) bond motifs is 1. The monoisotopic (exact) mass is 275 g/mol. The highest BCUT2D eigenvalue weighted by molar-refractivity contribution is 5.88. The van der Waals surface area contributed by atoms with Gasteiger partial charge in [-0.2, -0.15) is 0 Å². The first-order chi connectivity index (χ1) is 9.41. The summed E-state index contributed by atoms with van der Waals surface area (Å²) in [7, 11) is 0. The first kappa shape index (κ1) is 14.3. The van der Waals surface area contributed by atoms with Gasteiger partial charge in [-0.3, -0.25) is 4.79 Å². The summed E-state index contributed by atoms with van der Waals surface area (Å²) in [5.74, 6) is 1.14. The largest absolute Gasteiger partial charge is 0.382 e. The number of anilines is 1. The molecule has 0 saturated carbocycles. The standard InChI is InChI=1S/C14H21N5O/c1-8-9(2)17-14(16)12-13(8)19(10(3)18-12)7-5-4-6-11(15)20/h4-7H2,1-3H3,(H2,15,20)(H2,16,17). The fourth-order valence-corrected chi connectivity index (χ4v) is 2.45. The second kappa shape index (κ2) is 5.48. The number of amides is 1. The van der Waals surface area contributed by atoms with Crippen LogP contribution in [0.2, 0.25) is 0 Å². The summed E-state index contributed by atoms with van der Waals surface area (Å²) in [6.45, 7) is 6.75. The smallest absolute Gasteiger partial charge is 0.217 e. The molecular weight excluding hydrogens is 254 g/mol. The third-order valence-corrected chi connectivity index (χ3v) is 3.64. The van der Waals surface area contributed by atoms with E-state index in [2.05, 4.69) is 14.5 Å². The molecule has 2 aromatic heterocycles. The Bertz CT molecular complexity index is 659. The van der Waals surface area contributed by atoms with E-state index >= 15 is 0 Å². The molecule has 0 aliphatic carbocycles. The highest BCUT2D eigenvalue weighted by atomic mass is 16.1. The maximum absolute atomic E-state index is 10.8. The molecule has 20 heavy (non-hydrogen) atoms. The molecule has 4 N–H and O–H groups in total. The molecule has 0 spiro atoms. The number of hydrogen-bond donors (Lipinski definition) is 2. The minimum Gasteiger partial charge on any atom is -0.382 e. The molecular formula is C14H21N5O. The summed E-state index contributed by atoms with van der Waals surface area (Å²) in [6.07, 6.45) is 2.09. The van der Waals surface area contributed by atoms with Crippen molar-refractivity contribution in [2.24, 2.45) is 5.73 Å². The Kier molecular flexibility index (Phi) is 3.92. The highest BCUT2D eigenvalue weighted by Crippen LogP contribution is 2.26. The van der Waals surface area contributed by atoms with Gasteiger partial charge in [0.1, 0.15) is 11.3 Å². The van der Waals surface area contributed by atoms with Crippen molar-refractivity contribution in [3.63, 3.8) is 0 Å². The molecule has 2 aromatic rings. The first-order valence-electron chi connectivity index (χ1n) is 6.79. The van der Waals surface area contributed by atoms with Gasteiger partial charge in [0.05, 0.1) is 5.52 Å². The number of rotatable bonds is 5. The number of aryl methyl sites for hydroxylation is 4. The van der Waals surface area contributed by atoms with Crippen LogP contribution >= 0.6 is 0 Å². The molecule has 2 rings (SSSR count). The van der Waals surface area contributed by atoms with Crippen LogP contribution < -0.4 is 11.5 Å². The van der Waals surface area contributed by atoms with Gasteiger partial charge in [0.15, 0.2) is 5.82 Å². The van der Waals surface area contributed by atoms with E-state index in [9.17, 15) is 4.79 Å². The minimum absolute atomic E-state index is 0.252. The minimum atomic E-state index is -0.252. The summed E-state index contributed by atoms with van der Waals surface area (Å²) in [4.78, 5) is 19.6. The van der Waals surface area contributed by atoms with Crippen molar-refractivity contribution < 1.29 is 4.79 Å². The number of pyridine rings is 1. The van der Waals surface area contributed by atoms with Gasteiger partial charge in [-0.1, -0.05) is 0 Å². The van der Waals surface area contributed by atoms with E-state index in [-0.39, 0.29) is 5.91 Å². The molecule has 1 amide bonds. The Labute approximate surface area is 118 Å². The Balaban J connectivity index is 2.33. The van der Waals surface area contributed by atoms with Gasteiger partial charge in [0, 0.05) is 18.7 Å². The second-order valence-corrected chi connectivity index (χ2v) is 5.14. The fraction of sp³-hybridized carbons (Fsp3) is 0.500. The van der Waals surface area contributed by atoms with Crippen molar-refractivity contribution in [3.05, 3.63) is 17.1 Å². The topological polar surface area (TPSA) is 99.8 Å². The van der Waals surface area contributed by atoms with Crippen molar-refractivity contribution in [2.75, 3.05) is 5.73 Å². The van der Waals surface area contributed by atoms with Crippen LogP contribution in [0.5, 0.6) is 0 Å². The zero-order valence-corrected chi connectivity index (χ0v) is 12.2. The molecule has 6 heteroatoms. The first-order valence-corrected chi connectivity index (χ1v) is 6.79. The van der Waals surface area contributed by atoms with E-state index in [1.54, 1.807) is 0 Å². The Hall–Kier alpha value is -2.11. The molecule has 0 bridgehead atoms. The quantitative estimate of drug-likeness (QED) is 0.809. The van der Waals surface area contributed by atoms with Gasteiger partial charge >= 0.3 is 0 Å². The van der Waals surface area contributed by atoms with Crippen molar-refractivity contribution in [1.29, 1.82) is 0 Å². The van der Waals surface area contributed by atoms with Gasteiger partial charge in [-0.15, -0.1) is 0 Å². The van der Waals surface area contributed by atoms with E-state index in [1.165, 1.54) is 0 Å². The SMILES string of the molecule is Cc1nc(N)c2nc(C)n(CCCCC(N)=O)c2c1C. The van der Waals surface area contributed by atoms with E-state index in [0.29, 0.717) is 12.2 Å². The molecule has 0 fully saturated rings. The van der Waals surface area contributed by atoms with Crippen LogP contribution in [0.15, 0.2) is 0 Å². The summed E-state index contributed by atoms with van der Waals surface area (Å²) in [6, 6.07) is 0. The van der Waals surface area contributed by atoms with E-state index in [1.807, 2.05) is 20.8 Å².